The zero-order chi connectivity index (χ0) is 18.1. The van der Waals surface area contributed by atoms with E-state index in [1.165, 1.54) is 0 Å². The van der Waals surface area contributed by atoms with Gasteiger partial charge in [-0.1, -0.05) is 0 Å². The number of likely N-dealkylation sites (N-methyl/N-ethyl adjacent to an activating group) is 1. The van der Waals surface area contributed by atoms with E-state index in [2.05, 4.69) is 53.0 Å². The Morgan fingerprint density at radius 3 is 2.88 bits per heavy atom. The fraction of sp³-hybridized carbons (Fsp3) is 0.278. The van der Waals surface area contributed by atoms with Gasteiger partial charge >= 0.3 is 0 Å². The normalized spacial score (nSPS) is 15.4. The molecule has 1 amide bonds. The summed E-state index contributed by atoms with van der Waals surface area (Å²) in [5, 5.41) is 3.79. The molecule has 4 rings (SSSR count). The van der Waals surface area contributed by atoms with Gasteiger partial charge in [0.25, 0.3) is 5.91 Å². The van der Waals surface area contributed by atoms with Crippen LogP contribution < -0.4 is 10.2 Å². The predicted molar refractivity (Wildman–Crippen MR) is 106 cm³/mol. The third-order valence-electron chi connectivity index (χ3n) is 4.63. The molecule has 7 nitrogen and oxygen atoms in total. The number of pyridine rings is 2. The molecule has 0 aliphatic carbocycles. The number of hydrogen-bond acceptors (Lipinski definition) is 5. The highest BCUT2D eigenvalue weighted by Gasteiger charge is 2.19. The van der Waals surface area contributed by atoms with Gasteiger partial charge in [0.1, 0.15) is 5.65 Å². The number of aromatic amines is 1. The summed E-state index contributed by atoms with van der Waals surface area (Å²) in [6, 6.07) is 3.84. The van der Waals surface area contributed by atoms with Gasteiger partial charge in [0.2, 0.25) is 0 Å². The van der Waals surface area contributed by atoms with Crippen molar-refractivity contribution in [2.45, 2.75) is 0 Å². The second-order valence-electron chi connectivity index (χ2n) is 6.39. The summed E-state index contributed by atoms with van der Waals surface area (Å²) in [5.74, 6) is -0.181. The van der Waals surface area contributed by atoms with E-state index in [1.807, 2.05) is 12.1 Å². The van der Waals surface area contributed by atoms with Crippen LogP contribution in [0.2, 0.25) is 0 Å². The van der Waals surface area contributed by atoms with E-state index in [-0.39, 0.29) is 5.91 Å². The minimum absolute atomic E-state index is 0.181. The number of amides is 1. The summed E-state index contributed by atoms with van der Waals surface area (Å²) in [6.07, 6.45) is 6.85. The molecular formula is C18H19BrN6O. The van der Waals surface area contributed by atoms with Crippen LogP contribution in [-0.2, 0) is 0 Å². The van der Waals surface area contributed by atoms with Crippen molar-refractivity contribution in [1.29, 1.82) is 0 Å². The van der Waals surface area contributed by atoms with E-state index in [0.29, 0.717) is 11.2 Å². The van der Waals surface area contributed by atoms with Gasteiger partial charge in [-0.15, -0.1) is 0 Å². The lowest BCUT2D eigenvalue weighted by Gasteiger charge is -2.34. The summed E-state index contributed by atoms with van der Waals surface area (Å²) in [5.41, 5.74) is 2.96. The number of carbonyl (C=O) groups is 1. The molecule has 3 aromatic heterocycles. The Labute approximate surface area is 159 Å². The third-order valence-corrected chi connectivity index (χ3v) is 5.07. The number of aromatic nitrogens is 3. The molecule has 0 aromatic carbocycles. The van der Waals surface area contributed by atoms with E-state index in [1.54, 1.807) is 24.8 Å². The van der Waals surface area contributed by atoms with Gasteiger partial charge in [-0.3, -0.25) is 9.78 Å². The molecule has 0 radical (unpaired) electrons. The van der Waals surface area contributed by atoms with E-state index >= 15 is 0 Å². The lowest BCUT2D eigenvalue weighted by atomic mass is 10.2. The number of nitrogens with zero attached hydrogens (tertiary/aromatic N) is 4. The fourth-order valence-corrected chi connectivity index (χ4v) is 3.49. The molecule has 0 unspecified atom stereocenters. The minimum atomic E-state index is -0.181. The number of H-pyrrole nitrogens is 1. The quantitative estimate of drug-likeness (QED) is 0.688. The van der Waals surface area contributed by atoms with Crippen molar-refractivity contribution < 1.29 is 4.79 Å². The van der Waals surface area contributed by atoms with Gasteiger partial charge < -0.3 is 20.1 Å². The van der Waals surface area contributed by atoms with Gasteiger partial charge in [0.15, 0.2) is 0 Å². The van der Waals surface area contributed by atoms with Crippen molar-refractivity contribution in [3.05, 3.63) is 47.0 Å². The van der Waals surface area contributed by atoms with E-state index in [0.717, 1.165) is 47.4 Å². The zero-order valence-corrected chi connectivity index (χ0v) is 16.0. The average molecular weight is 415 g/mol. The van der Waals surface area contributed by atoms with Crippen LogP contribution in [0, 0.1) is 0 Å². The second-order valence-corrected chi connectivity index (χ2v) is 7.31. The number of nitrogens with one attached hydrogen (secondary N) is 2. The standard InChI is InChI=1S/C18H19BrN6O/c1-24-4-6-25(7-5-24)16-2-3-20-11-15(16)23-18(26)14-10-22-17-13(14)8-12(19)9-21-17/h2-3,8-11H,4-7H2,1H3,(H,21,22)(H,23,26). The average Bonchev–Trinajstić information content (AvgIpc) is 3.06. The van der Waals surface area contributed by atoms with Crippen molar-refractivity contribution in [1.82, 2.24) is 19.9 Å². The Bertz CT molecular complexity index is 948. The van der Waals surface area contributed by atoms with Crippen LogP contribution in [0.4, 0.5) is 11.4 Å². The van der Waals surface area contributed by atoms with Crippen molar-refractivity contribution in [3.8, 4) is 0 Å². The van der Waals surface area contributed by atoms with Crippen LogP contribution in [0.15, 0.2) is 41.4 Å². The molecule has 134 valence electrons. The number of rotatable bonds is 3. The highest BCUT2D eigenvalue weighted by atomic mass is 79.9. The van der Waals surface area contributed by atoms with Gasteiger partial charge in [-0.25, -0.2) is 4.98 Å². The first-order chi connectivity index (χ1) is 12.6. The molecule has 0 saturated carbocycles. The number of piperazine rings is 1. The van der Waals surface area contributed by atoms with E-state index in [4.69, 9.17) is 0 Å². The Kier molecular flexibility index (Phi) is 4.60. The van der Waals surface area contributed by atoms with Gasteiger partial charge in [-0.2, -0.15) is 0 Å². The lowest BCUT2D eigenvalue weighted by molar-refractivity contribution is 0.102. The molecule has 8 heteroatoms. The SMILES string of the molecule is CN1CCN(c2ccncc2NC(=O)c2c[nH]c3ncc(Br)cc23)CC1. The molecular weight excluding hydrogens is 396 g/mol. The van der Waals surface area contributed by atoms with Crippen LogP contribution >= 0.6 is 15.9 Å². The number of halogens is 1. The zero-order valence-electron chi connectivity index (χ0n) is 14.4. The molecule has 0 spiro atoms. The smallest absolute Gasteiger partial charge is 0.257 e. The van der Waals surface area contributed by atoms with Crippen molar-refractivity contribution >= 4 is 44.2 Å². The number of fused-ring (bicyclic) bond motifs is 1. The third kappa shape index (κ3) is 3.30. The first kappa shape index (κ1) is 17.0. The van der Waals surface area contributed by atoms with Crippen molar-refractivity contribution in [2.24, 2.45) is 0 Å². The lowest BCUT2D eigenvalue weighted by Crippen LogP contribution is -2.44. The molecule has 4 heterocycles. The number of hydrogen-bond donors (Lipinski definition) is 2. The van der Waals surface area contributed by atoms with Crippen LogP contribution in [0.1, 0.15) is 10.4 Å². The maximum absolute atomic E-state index is 12.9. The summed E-state index contributed by atoms with van der Waals surface area (Å²) < 4.78 is 0.832. The molecule has 3 aromatic rings. The maximum Gasteiger partial charge on any atom is 0.257 e. The molecule has 1 saturated heterocycles. The van der Waals surface area contributed by atoms with Crippen LogP contribution in [0.25, 0.3) is 11.0 Å². The van der Waals surface area contributed by atoms with Gasteiger partial charge in [-0.05, 0) is 35.1 Å². The Morgan fingerprint density at radius 2 is 2.08 bits per heavy atom. The predicted octanol–water partition coefficient (Wildman–Crippen LogP) is 2.72. The van der Waals surface area contributed by atoms with Crippen LogP contribution in [0.3, 0.4) is 0 Å². The molecule has 26 heavy (non-hydrogen) atoms. The molecule has 1 aliphatic rings. The van der Waals surface area contributed by atoms with Gasteiger partial charge in [0.05, 0.1) is 23.1 Å². The topological polar surface area (TPSA) is 77.1 Å². The van der Waals surface area contributed by atoms with Crippen LogP contribution in [-0.4, -0.2) is 59.0 Å². The second kappa shape index (κ2) is 7.05. The Morgan fingerprint density at radius 1 is 1.27 bits per heavy atom. The Balaban J connectivity index is 1.61. The first-order valence-electron chi connectivity index (χ1n) is 8.43. The largest absolute Gasteiger partial charge is 0.367 e. The summed E-state index contributed by atoms with van der Waals surface area (Å²) in [6.45, 7) is 3.84. The van der Waals surface area contributed by atoms with Gasteiger partial charge in [0, 0.05) is 54.6 Å². The molecule has 0 atom stereocenters. The van der Waals surface area contributed by atoms with Crippen molar-refractivity contribution in [3.63, 3.8) is 0 Å². The summed E-state index contributed by atoms with van der Waals surface area (Å²) >= 11 is 3.41. The summed E-state index contributed by atoms with van der Waals surface area (Å²) in [7, 11) is 2.12. The monoisotopic (exact) mass is 414 g/mol. The maximum atomic E-state index is 12.9. The first-order valence-corrected chi connectivity index (χ1v) is 9.22. The molecule has 0 bridgehead atoms. The fourth-order valence-electron chi connectivity index (χ4n) is 3.16. The summed E-state index contributed by atoms with van der Waals surface area (Å²) in [4.78, 5) is 28.9. The van der Waals surface area contributed by atoms with E-state index in [9.17, 15) is 4.79 Å². The highest BCUT2D eigenvalue weighted by molar-refractivity contribution is 9.10. The molecule has 1 aliphatic heterocycles. The van der Waals surface area contributed by atoms with E-state index < -0.39 is 0 Å². The highest BCUT2D eigenvalue weighted by Crippen LogP contribution is 2.27. The van der Waals surface area contributed by atoms with Crippen molar-refractivity contribution in [2.75, 3.05) is 43.4 Å². The number of anilines is 2. The van der Waals surface area contributed by atoms with Crippen LogP contribution in [0.5, 0.6) is 0 Å². The molecule has 2 N–H and O–H groups in total. The number of carbonyl (C=O) groups excluding carboxylic acids is 1. The molecule has 1 fully saturated rings. The Hall–Kier alpha value is -2.45. The minimum Gasteiger partial charge on any atom is -0.367 e.